The molecule has 0 aromatic rings. The largest absolute Gasteiger partial charge is 0.466 e. The van der Waals surface area contributed by atoms with Gasteiger partial charge in [-0.25, -0.2) is 0 Å². The van der Waals surface area contributed by atoms with E-state index in [0.717, 1.165) is 13.1 Å². The van der Waals surface area contributed by atoms with Gasteiger partial charge in [0, 0.05) is 24.9 Å². The lowest BCUT2D eigenvalue weighted by molar-refractivity contribution is -0.161. The van der Waals surface area contributed by atoms with E-state index in [1.165, 1.54) is 0 Å². The Balaban J connectivity index is 2.04. The zero-order chi connectivity index (χ0) is 9.97. The van der Waals surface area contributed by atoms with E-state index in [4.69, 9.17) is 9.47 Å². The van der Waals surface area contributed by atoms with Crippen LogP contribution in [-0.2, 0) is 14.3 Å². The molecule has 80 valence electrons. The molecule has 2 aliphatic rings. The van der Waals surface area contributed by atoms with Crippen LogP contribution in [-0.4, -0.2) is 38.9 Å². The summed E-state index contributed by atoms with van der Waals surface area (Å²) in [5.74, 6) is 0.639. The second-order valence-electron chi connectivity index (χ2n) is 3.99. The van der Waals surface area contributed by atoms with E-state index in [1.54, 1.807) is 0 Å². The molecule has 2 bridgehead atoms. The van der Waals surface area contributed by atoms with Gasteiger partial charge in [0.25, 0.3) is 0 Å². The summed E-state index contributed by atoms with van der Waals surface area (Å²) in [6.45, 7) is 5.45. The van der Waals surface area contributed by atoms with Crippen LogP contribution in [0, 0.1) is 17.8 Å². The van der Waals surface area contributed by atoms with Gasteiger partial charge in [-0.05, 0) is 6.92 Å². The van der Waals surface area contributed by atoms with Crippen molar-refractivity contribution in [2.24, 2.45) is 17.8 Å². The number of carbonyl (C=O) groups excluding carboxylic acids is 1. The monoisotopic (exact) mass is 199 g/mol. The van der Waals surface area contributed by atoms with Crippen molar-refractivity contribution in [3.05, 3.63) is 0 Å². The van der Waals surface area contributed by atoms with Crippen molar-refractivity contribution >= 4 is 5.97 Å². The molecule has 4 nitrogen and oxygen atoms in total. The molecule has 2 unspecified atom stereocenters. The lowest BCUT2D eigenvalue weighted by Gasteiger charge is -2.40. The lowest BCUT2D eigenvalue weighted by atomic mass is 9.77. The van der Waals surface area contributed by atoms with E-state index in [-0.39, 0.29) is 11.9 Å². The van der Waals surface area contributed by atoms with Crippen LogP contribution in [0.15, 0.2) is 0 Å². The third-order valence-corrected chi connectivity index (χ3v) is 3.05. The van der Waals surface area contributed by atoms with Crippen LogP contribution in [0.25, 0.3) is 0 Å². The van der Waals surface area contributed by atoms with Gasteiger partial charge in [-0.15, -0.1) is 0 Å². The van der Waals surface area contributed by atoms with E-state index in [0.29, 0.717) is 31.7 Å². The van der Waals surface area contributed by atoms with Crippen LogP contribution in [0.4, 0.5) is 0 Å². The minimum atomic E-state index is -0.0349. The number of ether oxygens (including phenoxy) is 2. The van der Waals surface area contributed by atoms with Gasteiger partial charge in [0.05, 0.1) is 25.7 Å². The van der Waals surface area contributed by atoms with Gasteiger partial charge in [0.1, 0.15) is 0 Å². The lowest BCUT2D eigenvalue weighted by Crippen LogP contribution is -2.53. The molecule has 4 heteroatoms. The minimum absolute atomic E-state index is 0.0349. The highest BCUT2D eigenvalue weighted by Gasteiger charge is 2.42. The Hall–Kier alpha value is -0.610. The maximum absolute atomic E-state index is 11.7. The predicted molar refractivity (Wildman–Crippen MR) is 50.8 cm³/mol. The first kappa shape index (κ1) is 9.93. The Morgan fingerprint density at radius 1 is 1.43 bits per heavy atom. The van der Waals surface area contributed by atoms with E-state index in [1.807, 2.05) is 6.92 Å². The molecule has 0 aromatic carbocycles. The van der Waals surface area contributed by atoms with Crippen molar-refractivity contribution in [3.8, 4) is 0 Å². The van der Waals surface area contributed by atoms with Gasteiger partial charge in [-0.1, -0.05) is 0 Å². The first-order valence-electron chi connectivity index (χ1n) is 5.28. The number of carbonyl (C=O) groups is 1. The van der Waals surface area contributed by atoms with Crippen molar-refractivity contribution in [1.82, 2.24) is 5.32 Å². The number of fused-ring (bicyclic) bond motifs is 2. The van der Waals surface area contributed by atoms with Crippen molar-refractivity contribution in [2.75, 3.05) is 32.9 Å². The number of hydrogen-bond acceptors (Lipinski definition) is 4. The van der Waals surface area contributed by atoms with Gasteiger partial charge < -0.3 is 14.8 Å². The molecule has 1 N–H and O–H groups in total. The maximum Gasteiger partial charge on any atom is 0.309 e. The molecule has 2 fully saturated rings. The second-order valence-corrected chi connectivity index (χ2v) is 3.99. The summed E-state index contributed by atoms with van der Waals surface area (Å²) in [6, 6.07) is 0. The molecule has 2 atom stereocenters. The first-order valence-corrected chi connectivity index (χ1v) is 5.28. The molecular weight excluding hydrogens is 182 g/mol. The van der Waals surface area contributed by atoms with Gasteiger partial charge in [-0.2, -0.15) is 0 Å². The van der Waals surface area contributed by atoms with Crippen molar-refractivity contribution in [3.63, 3.8) is 0 Å². The van der Waals surface area contributed by atoms with Crippen LogP contribution in [0.2, 0.25) is 0 Å². The number of rotatable bonds is 2. The predicted octanol–water partition coefficient (Wildman–Crippen LogP) is 0.0315. The molecule has 0 radical (unpaired) electrons. The zero-order valence-corrected chi connectivity index (χ0v) is 8.49. The number of nitrogens with one attached hydrogen (secondary N) is 1. The molecule has 0 aliphatic carbocycles. The van der Waals surface area contributed by atoms with E-state index in [2.05, 4.69) is 5.32 Å². The first-order chi connectivity index (χ1) is 6.83. The number of hydrogen-bond donors (Lipinski definition) is 1. The van der Waals surface area contributed by atoms with Crippen LogP contribution in [0.3, 0.4) is 0 Å². The van der Waals surface area contributed by atoms with Crippen LogP contribution >= 0.6 is 0 Å². The molecule has 2 rings (SSSR count). The van der Waals surface area contributed by atoms with Crippen LogP contribution in [0.1, 0.15) is 6.92 Å². The van der Waals surface area contributed by atoms with E-state index in [9.17, 15) is 4.79 Å². The molecule has 0 aromatic heterocycles. The summed E-state index contributed by atoms with van der Waals surface area (Å²) in [5.41, 5.74) is 0. The van der Waals surface area contributed by atoms with Crippen molar-refractivity contribution in [2.45, 2.75) is 6.92 Å². The molecule has 14 heavy (non-hydrogen) atoms. The fraction of sp³-hybridized carbons (Fsp3) is 0.900. The molecule has 2 aliphatic heterocycles. The summed E-state index contributed by atoms with van der Waals surface area (Å²) in [7, 11) is 0. The number of esters is 1. The highest BCUT2D eigenvalue weighted by Crippen LogP contribution is 2.30. The maximum atomic E-state index is 11.7. The highest BCUT2D eigenvalue weighted by atomic mass is 16.5. The Bertz CT molecular complexity index is 197. The molecule has 0 spiro atoms. The fourth-order valence-corrected chi connectivity index (χ4v) is 2.41. The van der Waals surface area contributed by atoms with Crippen LogP contribution in [0.5, 0.6) is 0 Å². The summed E-state index contributed by atoms with van der Waals surface area (Å²) in [5, 5.41) is 3.33. The molecular formula is C10H17NO3. The average Bonchev–Trinajstić information content (AvgIpc) is 2.17. The van der Waals surface area contributed by atoms with E-state index < -0.39 is 0 Å². The standard InChI is InChI=1S/C10H17NO3/c1-2-14-10(12)9-7-3-11-4-8(9)6-13-5-7/h7-9,11H,2-6H2,1H3. The van der Waals surface area contributed by atoms with Crippen molar-refractivity contribution in [1.29, 1.82) is 0 Å². The average molecular weight is 199 g/mol. The summed E-state index contributed by atoms with van der Waals surface area (Å²) in [6.07, 6.45) is 0. The molecule has 0 amide bonds. The SMILES string of the molecule is CCOC(=O)C1C2CNCC1COC2. The number of piperidine rings is 1. The molecule has 0 saturated carbocycles. The second kappa shape index (κ2) is 4.28. The van der Waals surface area contributed by atoms with Gasteiger partial charge in [-0.3, -0.25) is 4.79 Å². The zero-order valence-electron chi connectivity index (χ0n) is 8.49. The third-order valence-electron chi connectivity index (χ3n) is 3.05. The smallest absolute Gasteiger partial charge is 0.309 e. The topological polar surface area (TPSA) is 47.6 Å². The summed E-state index contributed by atoms with van der Waals surface area (Å²) < 4.78 is 10.5. The molecule has 2 saturated heterocycles. The Morgan fingerprint density at radius 2 is 2.07 bits per heavy atom. The highest BCUT2D eigenvalue weighted by molar-refractivity contribution is 5.73. The fourth-order valence-electron chi connectivity index (χ4n) is 2.41. The Morgan fingerprint density at radius 3 is 2.64 bits per heavy atom. The third kappa shape index (κ3) is 1.77. The Kier molecular flexibility index (Phi) is 3.03. The van der Waals surface area contributed by atoms with Gasteiger partial charge >= 0.3 is 5.97 Å². The quantitative estimate of drug-likeness (QED) is 0.637. The minimum Gasteiger partial charge on any atom is -0.466 e. The van der Waals surface area contributed by atoms with Gasteiger partial charge in [0.15, 0.2) is 0 Å². The summed E-state index contributed by atoms with van der Waals surface area (Å²) in [4.78, 5) is 11.7. The van der Waals surface area contributed by atoms with E-state index >= 15 is 0 Å². The van der Waals surface area contributed by atoms with Crippen molar-refractivity contribution < 1.29 is 14.3 Å². The summed E-state index contributed by atoms with van der Waals surface area (Å²) >= 11 is 0. The molecule has 2 heterocycles. The Labute approximate surface area is 84.0 Å². The van der Waals surface area contributed by atoms with Crippen LogP contribution < -0.4 is 5.32 Å². The normalized spacial score (nSPS) is 36.5. The van der Waals surface area contributed by atoms with Gasteiger partial charge in [0.2, 0.25) is 0 Å².